The summed E-state index contributed by atoms with van der Waals surface area (Å²) in [5, 5.41) is 9.22. The van der Waals surface area contributed by atoms with Crippen LogP contribution in [0.2, 0.25) is 0 Å². The Morgan fingerprint density at radius 3 is 2.50 bits per heavy atom. The average molecular weight is 221 g/mol. The van der Waals surface area contributed by atoms with Gasteiger partial charge in [-0.25, -0.2) is 0 Å². The molecule has 1 aromatic carbocycles. The lowest BCUT2D eigenvalue weighted by Crippen LogP contribution is -2.29. The van der Waals surface area contributed by atoms with E-state index in [2.05, 4.69) is 11.8 Å². The minimum absolute atomic E-state index is 0.433. The summed E-state index contributed by atoms with van der Waals surface area (Å²) >= 11 is 0. The predicted octanol–water partition coefficient (Wildman–Crippen LogP) is 2.20. The highest BCUT2D eigenvalue weighted by molar-refractivity contribution is 5.76. The highest BCUT2D eigenvalue weighted by Gasteiger charge is 2.20. The zero-order chi connectivity index (χ0) is 12.0. The molecule has 0 aliphatic carbocycles. The smallest absolute Gasteiger partial charge is 0.312 e. The van der Waals surface area contributed by atoms with Gasteiger partial charge in [0.05, 0.1) is 5.92 Å². The summed E-state index contributed by atoms with van der Waals surface area (Å²) in [4.78, 5) is 13.3. The quantitative estimate of drug-likeness (QED) is 0.800. The van der Waals surface area contributed by atoms with Crippen LogP contribution in [0.15, 0.2) is 30.3 Å². The highest BCUT2D eigenvalue weighted by Crippen LogP contribution is 2.16. The van der Waals surface area contributed by atoms with Crippen LogP contribution in [-0.4, -0.2) is 36.1 Å². The lowest BCUT2D eigenvalue weighted by Gasteiger charge is -2.21. The van der Waals surface area contributed by atoms with Crippen LogP contribution in [0.25, 0.3) is 0 Å². The molecule has 0 aliphatic rings. The van der Waals surface area contributed by atoms with Crippen LogP contribution in [0, 0.1) is 0 Å². The zero-order valence-electron chi connectivity index (χ0n) is 9.89. The van der Waals surface area contributed by atoms with E-state index in [1.165, 1.54) is 0 Å². The van der Waals surface area contributed by atoms with Crippen molar-refractivity contribution >= 4 is 5.97 Å². The molecule has 0 fully saturated rings. The van der Waals surface area contributed by atoms with Gasteiger partial charge in [0.2, 0.25) is 0 Å². The number of carboxylic acids is 1. The lowest BCUT2D eigenvalue weighted by molar-refractivity contribution is -0.139. The van der Waals surface area contributed by atoms with E-state index in [4.69, 9.17) is 0 Å². The Labute approximate surface area is 96.7 Å². The largest absolute Gasteiger partial charge is 0.481 e. The maximum absolute atomic E-state index is 11.2. The molecule has 0 saturated heterocycles. The molecule has 0 spiro atoms. The molecule has 3 nitrogen and oxygen atoms in total. The summed E-state index contributed by atoms with van der Waals surface area (Å²) in [7, 11) is 1.96. The van der Waals surface area contributed by atoms with E-state index in [9.17, 15) is 9.90 Å². The van der Waals surface area contributed by atoms with Gasteiger partial charge in [0.1, 0.15) is 0 Å². The first-order valence-electron chi connectivity index (χ1n) is 5.61. The van der Waals surface area contributed by atoms with E-state index in [0.717, 1.165) is 18.5 Å². The van der Waals surface area contributed by atoms with Crippen molar-refractivity contribution in [3.63, 3.8) is 0 Å². The number of benzene rings is 1. The number of carbonyl (C=O) groups is 1. The van der Waals surface area contributed by atoms with Crippen molar-refractivity contribution in [2.24, 2.45) is 0 Å². The van der Waals surface area contributed by atoms with E-state index >= 15 is 0 Å². The minimum Gasteiger partial charge on any atom is -0.481 e. The number of likely N-dealkylation sites (N-methyl/N-ethyl adjacent to an activating group) is 1. The second kappa shape index (κ2) is 6.28. The van der Waals surface area contributed by atoms with Gasteiger partial charge in [0.25, 0.3) is 0 Å². The third kappa shape index (κ3) is 3.66. The summed E-state index contributed by atoms with van der Waals surface area (Å²) < 4.78 is 0. The van der Waals surface area contributed by atoms with Crippen molar-refractivity contribution < 1.29 is 9.90 Å². The summed E-state index contributed by atoms with van der Waals surface area (Å²) in [6, 6.07) is 9.41. The number of aliphatic carboxylic acids is 1. The van der Waals surface area contributed by atoms with Crippen LogP contribution in [0.5, 0.6) is 0 Å². The molecule has 3 heteroatoms. The second-order valence-corrected chi connectivity index (χ2v) is 4.06. The third-order valence-corrected chi connectivity index (χ3v) is 2.60. The van der Waals surface area contributed by atoms with Crippen LogP contribution in [0.1, 0.15) is 24.8 Å². The van der Waals surface area contributed by atoms with Gasteiger partial charge in [-0.1, -0.05) is 37.3 Å². The molecule has 1 rings (SSSR count). The first kappa shape index (κ1) is 12.7. The number of rotatable bonds is 6. The molecular weight excluding hydrogens is 202 g/mol. The van der Waals surface area contributed by atoms with Crippen molar-refractivity contribution in [1.29, 1.82) is 0 Å². The van der Waals surface area contributed by atoms with E-state index < -0.39 is 11.9 Å². The molecule has 1 unspecified atom stereocenters. The Hall–Kier alpha value is -1.35. The fourth-order valence-electron chi connectivity index (χ4n) is 1.80. The Bertz CT molecular complexity index is 324. The Morgan fingerprint density at radius 1 is 1.38 bits per heavy atom. The molecule has 0 radical (unpaired) electrons. The highest BCUT2D eigenvalue weighted by atomic mass is 16.4. The summed E-state index contributed by atoms with van der Waals surface area (Å²) in [5.74, 6) is -1.19. The Kier molecular flexibility index (Phi) is 4.99. The first-order valence-corrected chi connectivity index (χ1v) is 5.61. The molecule has 0 amide bonds. The first-order chi connectivity index (χ1) is 7.65. The van der Waals surface area contributed by atoms with Crippen molar-refractivity contribution in [1.82, 2.24) is 4.90 Å². The standard InChI is InChI=1S/C13H19NO2/c1-3-9-14(2)10-12(13(15)16)11-7-5-4-6-8-11/h4-8,12H,3,9-10H2,1-2H3,(H,15,16). The van der Waals surface area contributed by atoms with Crippen LogP contribution in [-0.2, 0) is 4.79 Å². The van der Waals surface area contributed by atoms with Gasteiger partial charge in [-0.15, -0.1) is 0 Å². The van der Waals surface area contributed by atoms with Crippen LogP contribution < -0.4 is 0 Å². The molecule has 0 heterocycles. The van der Waals surface area contributed by atoms with Gasteiger partial charge in [-0.3, -0.25) is 4.79 Å². The van der Waals surface area contributed by atoms with Gasteiger partial charge >= 0.3 is 5.97 Å². The zero-order valence-corrected chi connectivity index (χ0v) is 9.89. The number of nitrogens with zero attached hydrogens (tertiary/aromatic N) is 1. The van der Waals surface area contributed by atoms with Crippen molar-refractivity contribution in [3.8, 4) is 0 Å². The Balaban J connectivity index is 2.73. The van der Waals surface area contributed by atoms with Crippen LogP contribution in [0.4, 0.5) is 0 Å². The van der Waals surface area contributed by atoms with E-state index in [0.29, 0.717) is 6.54 Å². The van der Waals surface area contributed by atoms with E-state index in [1.54, 1.807) is 0 Å². The van der Waals surface area contributed by atoms with Gasteiger partial charge in [-0.05, 0) is 25.6 Å². The van der Waals surface area contributed by atoms with Crippen molar-refractivity contribution in [2.45, 2.75) is 19.3 Å². The maximum atomic E-state index is 11.2. The minimum atomic E-state index is -0.755. The van der Waals surface area contributed by atoms with Crippen LogP contribution >= 0.6 is 0 Å². The fraction of sp³-hybridized carbons (Fsp3) is 0.462. The van der Waals surface area contributed by atoms with Gasteiger partial charge < -0.3 is 10.0 Å². The number of carboxylic acid groups (broad SMARTS) is 1. The third-order valence-electron chi connectivity index (χ3n) is 2.60. The molecular formula is C13H19NO2. The normalized spacial score (nSPS) is 12.7. The monoisotopic (exact) mass is 221 g/mol. The molecule has 88 valence electrons. The van der Waals surface area contributed by atoms with E-state index in [1.807, 2.05) is 37.4 Å². The summed E-state index contributed by atoms with van der Waals surface area (Å²) in [5.41, 5.74) is 0.873. The molecule has 0 aromatic heterocycles. The number of hydrogen-bond acceptors (Lipinski definition) is 2. The topological polar surface area (TPSA) is 40.5 Å². The Morgan fingerprint density at radius 2 is 2.00 bits per heavy atom. The molecule has 0 saturated carbocycles. The average Bonchev–Trinajstić information content (AvgIpc) is 2.27. The summed E-state index contributed by atoms with van der Waals surface area (Å²) in [6.07, 6.45) is 1.04. The molecule has 0 aliphatic heterocycles. The van der Waals surface area contributed by atoms with Gasteiger partial charge in [0, 0.05) is 6.54 Å². The molecule has 0 bridgehead atoms. The predicted molar refractivity (Wildman–Crippen MR) is 64.6 cm³/mol. The van der Waals surface area contributed by atoms with Gasteiger partial charge in [0.15, 0.2) is 0 Å². The van der Waals surface area contributed by atoms with E-state index in [-0.39, 0.29) is 0 Å². The molecule has 1 aromatic rings. The van der Waals surface area contributed by atoms with Crippen molar-refractivity contribution in [2.75, 3.05) is 20.1 Å². The lowest BCUT2D eigenvalue weighted by atomic mass is 9.99. The molecule has 16 heavy (non-hydrogen) atoms. The van der Waals surface area contributed by atoms with Crippen LogP contribution in [0.3, 0.4) is 0 Å². The SMILES string of the molecule is CCCN(C)CC(C(=O)O)c1ccccc1. The maximum Gasteiger partial charge on any atom is 0.312 e. The van der Waals surface area contributed by atoms with Crippen molar-refractivity contribution in [3.05, 3.63) is 35.9 Å². The molecule has 1 atom stereocenters. The summed E-state index contributed by atoms with van der Waals surface area (Å²) in [6.45, 7) is 3.58. The second-order valence-electron chi connectivity index (χ2n) is 4.06. The number of hydrogen-bond donors (Lipinski definition) is 1. The fourth-order valence-corrected chi connectivity index (χ4v) is 1.80. The molecule has 1 N–H and O–H groups in total. The van der Waals surface area contributed by atoms with Gasteiger partial charge in [-0.2, -0.15) is 0 Å².